The summed E-state index contributed by atoms with van der Waals surface area (Å²) in [5.41, 5.74) is 1.37. The van der Waals surface area contributed by atoms with Gasteiger partial charge < -0.3 is 14.4 Å². The van der Waals surface area contributed by atoms with Gasteiger partial charge in [0.25, 0.3) is 0 Å². The van der Waals surface area contributed by atoms with E-state index in [1.807, 2.05) is 12.1 Å². The smallest absolute Gasteiger partial charge is 0.123 e. The van der Waals surface area contributed by atoms with E-state index in [-0.39, 0.29) is 5.82 Å². The van der Waals surface area contributed by atoms with E-state index in [2.05, 4.69) is 17.0 Å². The molecule has 1 aliphatic rings. The maximum Gasteiger partial charge on any atom is 0.123 e. The summed E-state index contributed by atoms with van der Waals surface area (Å²) in [6.07, 6.45) is 5.86. The third-order valence-corrected chi connectivity index (χ3v) is 4.70. The molecule has 0 aromatic heterocycles. The normalized spacial score (nSPS) is 14.5. The summed E-state index contributed by atoms with van der Waals surface area (Å²) >= 11 is 0. The quantitative estimate of drug-likeness (QED) is 0.575. The molecule has 1 fully saturated rings. The molecule has 0 bridgehead atoms. The summed E-state index contributed by atoms with van der Waals surface area (Å²) in [4.78, 5) is 2.56. The third-order valence-electron chi connectivity index (χ3n) is 4.70. The fraction of sp³-hybridized carbons (Fsp3) is 0.455. The lowest BCUT2D eigenvalue weighted by molar-refractivity contribution is 0.247. The van der Waals surface area contributed by atoms with Crippen molar-refractivity contribution in [1.29, 1.82) is 0 Å². The van der Waals surface area contributed by atoms with Gasteiger partial charge in [0.2, 0.25) is 0 Å². The van der Waals surface area contributed by atoms with Gasteiger partial charge in [0.1, 0.15) is 17.3 Å². The van der Waals surface area contributed by atoms with Crippen molar-refractivity contribution < 1.29 is 13.9 Å². The first-order chi connectivity index (χ1) is 12.8. The van der Waals surface area contributed by atoms with Gasteiger partial charge in [0.15, 0.2) is 0 Å². The van der Waals surface area contributed by atoms with Gasteiger partial charge in [0, 0.05) is 6.42 Å². The molecular weight excluding hydrogens is 329 g/mol. The lowest BCUT2D eigenvalue weighted by Gasteiger charge is -2.14. The monoisotopic (exact) mass is 357 g/mol. The Morgan fingerprint density at radius 1 is 0.769 bits per heavy atom. The van der Waals surface area contributed by atoms with Crippen LogP contribution in [0.4, 0.5) is 4.39 Å². The first-order valence-electron chi connectivity index (χ1n) is 9.62. The Morgan fingerprint density at radius 3 is 1.96 bits per heavy atom. The Balaban J connectivity index is 1.28. The molecule has 0 aliphatic carbocycles. The number of halogens is 1. The van der Waals surface area contributed by atoms with Gasteiger partial charge in [-0.3, -0.25) is 0 Å². The lowest BCUT2D eigenvalue weighted by Crippen LogP contribution is -2.20. The largest absolute Gasteiger partial charge is 0.493 e. The SMILES string of the molecule is Fc1ccc(OCCCOc2ccc(CCCN3CCCC3)cc2)cc1. The van der Waals surface area contributed by atoms with E-state index in [4.69, 9.17) is 9.47 Å². The number of nitrogens with zero attached hydrogens (tertiary/aromatic N) is 1. The maximum absolute atomic E-state index is 12.8. The number of hydrogen-bond donors (Lipinski definition) is 0. The topological polar surface area (TPSA) is 21.7 Å². The fourth-order valence-electron chi connectivity index (χ4n) is 3.24. The van der Waals surface area contributed by atoms with Crippen molar-refractivity contribution in [3.8, 4) is 11.5 Å². The van der Waals surface area contributed by atoms with Gasteiger partial charge in [-0.25, -0.2) is 4.39 Å². The molecule has 3 nitrogen and oxygen atoms in total. The van der Waals surface area contributed by atoms with Gasteiger partial charge >= 0.3 is 0 Å². The zero-order chi connectivity index (χ0) is 18.0. The van der Waals surface area contributed by atoms with E-state index in [1.54, 1.807) is 12.1 Å². The Morgan fingerprint density at radius 2 is 1.35 bits per heavy atom. The Bertz CT molecular complexity index is 636. The minimum Gasteiger partial charge on any atom is -0.493 e. The summed E-state index contributed by atoms with van der Waals surface area (Å²) in [5.74, 6) is 1.33. The van der Waals surface area contributed by atoms with Crippen LogP contribution in [0.15, 0.2) is 48.5 Å². The molecule has 0 amide bonds. The lowest BCUT2D eigenvalue weighted by atomic mass is 10.1. The molecule has 140 valence electrons. The summed E-state index contributed by atoms with van der Waals surface area (Å²) in [6, 6.07) is 14.5. The van der Waals surface area contributed by atoms with E-state index >= 15 is 0 Å². The second-order valence-electron chi connectivity index (χ2n) is 6.80. The van der Waals surface area contributed by atoms with Crippen molar-refractivity contribution in [3.63, 3.8) is 0 Å². The first kappa shape index (κ1) is 18.7. The number of aryl methyl sites for hydroxylation is 1. The summed E-state index contributed by atoms with van der Waals surface area (Å²) < 4.78 is 24.1. The van der Waals surface area contributed by atoms with Gasteiger partial charge in [-0.05, 0) is 87.3 Å². The molecule has 1 heterocycles. The molecule has 4 heteroatoms. The van der Waals surface area contributed by atoms with Gasteiger partial charge in [-0.2, -0.15) is 0 Å². The van der Waals surface area contributed by atoms with E-state index in [9.17, 15) is 4.39 Å². The van der Waals surface area contributed by atoms with Crippen LogP contribution in [0.2, 0.25) is 0 Å². The fourth-order valence-corrected chi connectivity index (χ4v) is 3.24. The molecule has 0 radical (unpaired) electrons. The molecule has 0 unspecified atom stereocenters. The van der Waals surface area contributed by atoms with E-state index in [1.165, 1.54) is 56.6 Å². The molecule has 0 spiro atoms. The zero-order valence-electron chi connectivity index (χ0n) is 15.3. The third kappa shape index (κ3) is 6.34. The summed E-state index contributed by atoms with van der Waals surface area (Å²) in [5, 5.41) is 0. The zero-order valence-corrected chi connectivity index (χ0v) is 15.3. The molecule has 1 saturated heterocycles. The highest BCUT2D eigenvalue weighted by Crippen LogP contribution is 2.15. The Hall–Kier alpha value is -2.07. The standard InChI is InChI=1S/C22H28FNO2/c23-20-8-12-22(13-9-20)26-18-4-17-25-21-10-6-19(7-11-21)5-3-16-24-14-1-2-15-24/h6-13H,1-5,14-18H2. The molecule has 0 atom stereocenters. The molecule has 1 aliphatic heterocycles. The average Bonchev–Trinajstić information content (AvgIpc) is 3.18. The van der Waals surface area contributed by atoms with Crippen LogP contribution < -0.4 is 9.47 Å². The molecule has 26 heavy (non-hydrogen) atoms. The highest BCUT2D eigenvalue weighted by atomic mass is 19.1. The van der Waals surface area contributed by atoms with Crippen LogP contribution in [0, 0.1) is 5.82 Å². The minimum absolute atomic E-state index is 0.250. The van der Waals surface area contributed by atoms with E-state index in [0.717, 1.165) is 18.6 Å². The Labute approximate surface area is 155 Å². The van der Waals surface area contributed by atoms with Gasteiger partial charge in [-0.1, -0.05) is 12.1 Å². The molecule has 3 rings (SSSR count). The molecule has 0 N–H and O–H groups in total. The number of likely N-dealkylation sites (tertiary alicyclic amines) is 1. The van der Waals surface area contributed by atoms with Gasteiger partial charge in [0.05, 0.1) is 13.2 Å². The van der Waals surface area contributed by atoms with Gasteiger partial charge in [-0.15, -0.1) is 0 Å². The van der Waals surface area contributed by atoms with Crippen molar-refractivity contribution in [1.82, 2.24) is 4.90 Å². The first-order valence-corrected chi connectivity index (χ1v) is 9.62. The van der Waals surface area contributed by atoms with Crippen LogP contribution in [-0.2, 0) is 6.42 Å². The summed E-state index contributed by atoms with van der Waals surface area (Å²) in [6.45, 7) is 4.93. The molecule has 0 saturated carbocycles. The maximum atomic E-state index is 12.8. The predicted octanol–water partition coefficient (Wildman–Crippen LogP) is 4.70. The van der Waals surface area contributed by atoms with Crippen molar-refractivity contribution in [2.24, 2.45) is 0 Å². The van der Waals surface area contributed by atoms with Crippen LogP contribution in [0.5, 0.6) is 11.5 Å². The van der Waals surface area contributed by atoms with Crippen LogP contribution in [0.25, 0.3) is 0 Å². The molecule has 2 aromatic rings. The highest BCUT2D eigenvalue weighted by Gasteiger charge is 2.10. The van der Waals surface area contributed by atoms with Crippen molar-refractivity contribution in [3.05, 3.63) is 59.9 Å². The highest BCUT2D eigenvalue weighted by molar-refractivity contribution is 5.27. The van der Waals surface area contributed by atoms with Crippen molar-refractivity contribution in [2.75, 3.05) is 32.8 Å². The van der Waals surface area contributed by atoms with Crippen molar-refractivity contribution in [2.45, 2.75) is 32.1 Å². The summed E-state index contributed by atoms with van der Waals surface area (Å²) in [7, 11) is 0. The van der Waals surface area contributed by atoms with Crippen LogP contribution >= 0.6 is 0 Å². The van der Waals surface area contributed by atoms with E-state index in [0.29, 0.717) is 19.0 Å². The number of hydrogen-bond acceptors (Lipinski definition) is 3. The Kier molecular flexibility index (Phi) is 7.32. The number of ether oxygens (including phenoxy) is 2. The van der Waals surface area contributed by atoms with Crippen LogP contribution in [0.3, 0.4) is 0 Å². The van der Waals surface area contributed by atoms with Crippen molar-refractivity contribution >= 4 is 0 Å². The number of benzene rings is 2. The average molecular weight is 357 g/mol. The second kappa shape index (κ2) is 10.2. The van der Waals surface area contributed by atoms with Crippen LogP contribution in [-0.4, -0.2) is 37.7 Å². The predicted molar refractivity (Wildman–Crippen MR) is 102 cm³/mol. The molecular formula is C22H28FNO2. The number of rotatable bonds is 10. The van der Waals surface area contributed by atoms with E-state index < -0.39 is 0 Å². The molecule has 2 aromatic carbocycles. The van der Waals surface area contributed by atoms with Crippen LogP contribution in [0.1, 0.15) is 31.2 Å². The minimum atomic E-state index is -0.250. The second-order valence-corrected chi connectivity index (χ2v) is 6.80.